The fraction of sp³-hybridized carbons (Fsp3) is 0.471. The van der Waals surface area contributed by atoms with E-state index in [-0.39, 0.29) is 0 Å². The van der Waals surface area contributed by atoms with Gasteiger partial charge < -0.3 is 10.6 Å². The quantitative estimate of drug-likeness (QED) is 0.857. The van der Waals surface area contributed by atoms with Crippen molar-refractivity contribution >= 4 is 5.69 Å². The highest BCUT2D eigenvalue weighted by atomic mass is 15.3. The lowest BCUT2D eigenvalue weighted by Crippen LogP contribution is -2.29. The highest BCUT2D eigenvalue weighted by Crippen LogP contribution is 2.19. The summed E-state index contributed by atoms with van der Waals surface area (Å²) in [7, 11) is 0. The number of hydrogen-bond donors (Lipinski definition) is 2. The average molecular weight is 284 g/mol. The van der Waals surface area contributed by atoms with Crippen LogP contribution >= 0.6 is 0 Å². The molecular formula is C17H24N4. The van der Waals surface area contributed by atoms with Crippen molar-refractivity contribution in [2.45, 2.75) is 44.8 Å². The minimum absolute atomic E-state index is 0.472. The summed E-state index contributed by atoms with van der Waals surface area (Å²) < 4.78 is 1.96. The van der Waals surface area contributed by atoms with Crippen LogP contribution in [-0.2, 0) is 6.54 Å². The van der Waals surface area contributed by atoms with E-state index in [0.29, 0.717) is 12.1 Å². The summed E-state index contributed by atoms with van der Waals surface area (Å²) in [5.74, 6) is 0. The largest absolute Gasteiger partial charge is 0.382 e. The first-order valence-electron chi connectivity index (χ1n) is 7.86. The number of rotatable bonds is 6. The third-order valence-corrected chi connectivity index (χ3v) is 4.11. The van der Waals surface area contributed by atoms with E-state index in [0.717, 1.165) is 6.54 Å². The van der Waals surface area contributed by atoms with Crippen LogP contribution in [0, 0.1) is 0 Å². The summed E-state index contributed by atoms with van der Waals surface area (Å²) >= 11 is 0. The number of hydrogen-bond acceptors (Lipinski definition) is 3. The number of nitrogens with one attached hydrogen (secondary N) is 2. The number of nitrogens with zero attached hydrogens (tertiary/aromatic N) is 2. The molecule has 2 aromatic rings. The molecule has 0 spiro atoms. The standard InChI is InChI=1S/C17H24N4/c1-14(12-16-7-4-9-18-16)20-17-8-3-2-6-15(17)13-21-11-5-10-19-21/h2-3,5-6,8,10-11,14,16,18,20H,4,7,9,12-13H2,1H3. The second-order valence-corrected chi connectivity index (χ2v) is 5.94. The second kappa shape index (κ2) is 6.76. The maximum absolute atomic E-state index is 4.29. The van der Waals surface area contributed by atoms with Crippen LogP contribution in [0.15, 0.2) is 42.7 Å². The smallest absolute Gasteiger partial charge is 0.0679 e. The van der Waals surface area contributed by atoms with Crippen molar-refractivity contribution in [3.8, 4) is 0 Å². The van der Waals surface area contributed by atoms with Crippen molar-refractivity contribution in [2.24, 2.45) is 0 Å². The molecule has 0 saturated carbocycles. The van der Waals surface area contributed by atoms with Gasteiger partial charge in [-0.05, 0) is 50.4 Å². The molecule has 0 aliphatic carbocycles. The lowest BCUT2D eigenvalue weighted by atomic mass is 10.1. The number of para-hydroxylation sites is 1. The minimum Gasteiger partial charge on any atom is -0.382 e. The lowest BCUT2D eigenvalue weighted by molar-refractivity contribution is 0.523. The summed E-state index contributed by atoms with van der Waals surface area (Å²) in [5.41, 5.74) is 2.51. The van der Waals surface area contributed by atoms with Crippen LogP contribution in [0.5, 0.6) is 0 Å². The Hall–Kier alpha value is -1.81. The summed E-state index contributed by atoms with van der Waals surface area (Å²) in [6.45, 7) is 4.25. The Balaban J connectivity index is 1.64. The van der Waals surface area contributed by atoms with Crippen molar-refractivity contribution < 1.29 is 0 Å². The van der Waals surface area contributed by atoms with E-state index in [1.54, 1.807) is 0 Å². The molecule has 2 heterocycles. The molecule has 3 rings (SSSR count). The molecule has 1 aliphatic rings. The zero-order valence-corrected chi connectivity index (χ0v) is 12.6. The molecule has 2 N–H and O–H groups in total. The van der Waals surface area contributed by atoms with Gasteiger partial charge >= 0.3 is 0 Å². The van der Waals surface area contributed by atoms with E-state index in [9.17, 15) is 0 Å². The van der Waals surface area contributed by atoms with Gasteiger partial charge in [0.05, 0.1) is 6.54 Å². The minimum atomic E-state index is 0.472. The molecule has 0 bridgehead atoms. The topological polar surface area (TPSA) is 41.9 Å². The van der Waals surface area contributed by atoms with Gasteiger partial charge in [0.25, 0.3) is 0 Å². The Morgan fingerprint density at radius 2 is 2.29 bits per heavy atom. The molecule has 0 radical (unpaired) electrons. The molecule has 4 nitrogen and oxygen atoms in total. The zero-order chi connectivity index (χ0) is 14.5. The Morgan fingerprint density at radius 3 is 3.05 bits per heavy atom. The lowest BCUT2D eigenvalue weighted by Gasteiger charge is -2.21. The summed E-state index contributed by atoms with van der Waals surface area (Å²) in [6, 6.07) is 11.6. The van der Waals surface area contributed by atoms with Gasteiger partial charge in [-0.2, -0.15) is 5.10 Å². The number of benzene rings is 1. The summed E-state index contributed by atoms with van der Waals surface area (Å²) in [5, 5.41) is 11.5. The molecule has 1 aliphatic heterocycles. The zero-order valence-electron chi connectivity index (χ0n) is 12.6. The van der Waals surface area contributed by atoms with Gasteiger partial charge in [-0.15, -0.1) is 0 Å². The van der Waals surface area contributed by atoms with Crippen LogP contribution in [0.25, 0.3) is 0 Å². The van der Waals surface area contributed by atoms with E-state index >= 15 is 0 Å². The third-order valence-electron chi connectivity index (χ3n) is 4.11. The Morgan fingerprint density at radius 1 is 1.38 bits per heavy atom. The normalized spacial score (nSPS) is 19.6. The summed E-state index contributed by atoms with van der Waals surface area (Å²) in [6.07, 6.45) is 7.62. The van der Waals surface area contributed by atoms with E-state index in [4.69, 9.17) is 0 Å². The first kappa shape index (κ1) is 14.1. The van der Waals surface area contributed by atoms with Crippen molar-refractivity contribution in [1.82, 2.24) is 15.1 Å². The SMILES string of the molecule is CC(CC1CCCN1)Nc1ccccc1Cn1cccn1. The molecule has 1 aromatic carbocycles. The first-order valence-corrected chi connectivity index (χ1v) is 7.86. The predicted octanol–water partition coefficient (Wildman–Crippen LogP) is 2.87. The van der Waals surface area contributed by atoms with Crippen molar-refractivity contribution in [3.05, 3.63) is 48.3 Å². The highest BCUT2D eigenvalue weighted by molar-refractivity contribution is 5.51. The van der Waals surface area contributed by atoms with E-state index in [1.807, 2.05) is 23.1 Å². The van der Waals surface area contributed by atoms with Crippen molar-refractivity contribution in [3.63, 3.8) is 0 Å². The molecule has 112 valence electrons. The van der Waals surface area contributed by atoms with Gasteiger partial charge in [0.2, 0.25) is 0 Å². The molecule has 1 saturated heterocycles. The van der Waals surface area contributed by atoms with Gasteiger partial charge in [-0.1, -0.05) is 18.2 Å². The van der Waals surface area contributed by atoms with Gasteiger partial charge in [-0.25, -0.2) is 0 Å². The molecule has 1 fully saturated rings. The maximum atomic E-state index is 4.29. The number of aromatic nitrogens is 2. The Bertz CT molecular complexity index is 544. The molecular weight excluding hydrogens is 260 g/mol. The van der Waals surface area contributed by atoms with E-state index in [1.165, 1.54) is 37.1 Å². The fourth-order valence-electron chi connectivity index (χ4n) is 3.08. The van der Waals surface area contributed by atoms with Crippen molar-refractivity contribution in [1.29, 1.82) is 0 Å². The van der Waals surface area contributed by atoms with Gasteiger partial charge in [0.1, 0.15) is 0 Å². The second-order valence-electron chi connectivity index (χ2n) is 5.94. The summed E-state index contributed by atoms with van der Waals surface area (Å²) in [4.78, 5) is 0. The van der Waals surface area contributed by atoms with Crippen molar-refractivity contribution in [2.75, 3.05) is 11.9 Å². The highest BCUT2D eigenvalue weighted by Gasteiger charge is 2.17. The molecule has 21 heavy (non-hydrogen) atoms. The monoisotopic (exact) mass is 284 g/mol. The van der Waals surface area contributed by atoms with E-state index < -0.39 is 0 Å². The first-order chi connectivity index (χ1) is 10.3. The van der Waals surface area contributed by atoms with Gasteiger partial charge in [-0.3, -0.25) is 4.68 Å². The fourth-order valence-corrected chi connectivity index (χ4v) is 3.08. The van der Waals surface area contributed by atoms with Crippen LogP contribution in [0.1, 0.15) is 31.7 Å². The Kier molecular flexibility index (Phi) is 4.55. The van der Waals surface area contributed by atoms with Crippen LogP contribution < -0.4 is 10.6 Å². The molecule has 4 heteroatoms. The molecule has 0 amide bonds. The average Bonchev–Trinajstić information content (AvgIpc) is 3.14. The Labute approximate surface area is 126 Å². The van der Waals surface area contributed by atoms with Gasteiger partial charge in [0.15, 0.2) is 0 Å². The van der Waals surface area contributed by atoms with Crippen LogP contribution in [0.4, 0.5) is 5.69 Å². The molecule has 2 atom stereocenters. The molecule has 2 unspecified atom stereocenters. The van der Waals surface area contributed by atoms with Crippen LogP contribution in [0.2, 0.25) is 0 Å². The molecule has 1 aromatic heterocycles. The van der Waals surface area contributed by atoms with Crippen LogP contribution in [0.3, 0.4) is 0 Å². The maximum Gasteiger partial charge on any atom is 0.0679 e. The predicted molar refractivity (Wildman–Crippen MR) is 86.5 cm³/mol. The van der Waals surface area contributed by atoms with Gasteiger partial charge in [0, 0.05) is 30.2 Å². The van der Waals surface area contributed by atoms with Crippen LogP contribution in [-0.4, -0.2) is 28.4 Å². The third kappa shape index (κ3) is 3.85. The number of anilines is 1. The van der Waals surface area contributed by atoms with E-state index in [2.05, 4.69) is 46.9 Å².